The molecule has 3 heteroatoms. The molecule has 0 fully saturated rings. The summed E-state index contributed by atoms with van der Waals surface area (Å²) in [4.78, 5) is 2.23. The predicted molar refractivity (Wildman–Crippen MR) is 67.4 cm³/mol. The van der Waals surface area contributed by atoms with Crippen LogP contribution in [0.15, 0.2) is 24.3 Å². The standard InChI is InChI=1S/C13H17ClN2/c1-11(7-14)9-16(2)10-13-5-3-4-12(6-13)8-15/h3-6,11H,7,9-10H2,1-2H3. The maximum absolute atomic E-state index is 8.80. The Bertz CT molecular complexity index is 370. The van der Waals surface area contributed by atoms with Crippen LogP contribution in [0.25, 0.3) is 0 Å². The van der Waals surface area contributed by atoms with Gasteiger partial charge in [0.25, 0.3) is 0 Å². The highest BCUT2D eigenvalue weighted by Gasteiger charge is 2.06. The van der Waals surface area contributed by atoms with Gasteiger partial charge in [-0.15, -0.1) is 11.6 Å². The number of halogens is 1. The summed E-state index contributed by atoms with van der Waals surface area (Å²) in [5, 5.41) is 8.80. The Kier molecular flexibility index (Phi) is 5.31. The molecule has 0 saturated heterocycles. The van der Waals surface area contributed by atoms with Gasteiger partial charge in [-0.3, -0.25) is 0 Å². The van der Waals surface area contributed by atoms with E-state index in [-0.39, 0.29) is 0 Å². The van der Waals surface area contributed by atoms with Gasteiger partial charge in [0.15, 0.2) is 0 Å². The smallest absolute Gasteiger partial charge is 0.0991 e. The lowest BCUT2D eigenvalue weighted by Gasteiger charge is -2.19. The first-order valence-corrected chi connectivity index (χ1v) is 5.92. The minimum atomic E-state index is 0.491. The molecule has 0 amide bonds. The third-order valence-electron chi connectivity index (χ3n) is 2.40. The summed E-state index contributed by atoms with van der Waals surface area (Å²) in [7, 11) is 2.07. The van der Waals surface area contributed by atoms with Crippen molar-refractivity contribution < 1.29 is 0 Å². The van der Waals surface area contributed by atoms with Crippen LogP contribution in [-0.2, 0) is 6.54 Å². The monoisotopic (exact) mass is 236 g/mol. The Morgan fingerprint density at radius 3 is 2.88 bits per heavy atom. The number of alkyl halides is 1. The lowest BCUT2D eigenvalue weighted by atomic mass is 10.1. The van der Waals surface area contributed by atoms with E-state index in [1.54, 1.807) is 0 Å². The molecule has 1 aromatic rings. The van der Waals surface area contributed by atoms with E-state index in [1.165, 1.54) is 5.56 Å². The average Bonchev–Trinajstić information content (AvgIpc) is 2.28. The minimum absolute atomic E-state index is 0.491. The molecule has 0 N–H and O–H groups in total. The number of nitrogens with zero attached hydrogens (tertiary/aromatic N) is 2. The maximum atomic E-state index is 8.80. The van der Waals surface area contributed by atoms with Crippen molar-refractivity contribution in [1.82, 2.24) is 4.90 Å². The number of nitriles is 1. The van der Waals surface area contributed by atoms with E-state index in [4.69, 9.17) is 16.9 Å². The second-order valence-electron chi connectivity index (χ2n) is 4.27. The summed E-state index contributed by atoms with van der Waals surface area (Å²) in [6, 6.07) is 9.88. The Balaban J connectivity index is 2.56. The van der Waals surface area contributed by atoms with Gasteiger partial charge in [-0.2, -0.15) is 5.26 Å². The number of hydrogen-bond donors (Lipinski definition) is 0. The Morgan fingerprint density at radius 1 is 1.50 bits per heavy atom. The van der Waals surface area contributed by atoms with Crippen molar-refractivity contribution in [1.29, 1.82) is 5.26 Å². The van der Waals surface area contributed by atoms with E-state index in [9.17, 15) is 0 Å². The van der Waals surface area contributed by atoms with Gasteiger partial charge in [-0.25, -0.2) is 0 Å². The highest BCUT2D eigenvalue weighted by Crippen LogP contribution is 2.08. The molecular formula is C13H17ClN2. The van der Waals surface area contributed by atoms with Crippen LogP contribution >= 0.6 is 11.6 Å². The van der Waals surface area contributed by atoms with Gasteiger partial charge < -0.3 is 4.90 Å². The second-order valence-corrected chi connectivity index (χ2v) is 4.58. The van der Waals surface area contributed by atoms with Crippen molar-refractivity contribution in [2.24, 2.45) is 5.92 Å². The van der Waals surface area contributed by atoms with Crippen LogP contribution in [0.4, 0.5) is 0 Å². The molecule has 1 rings (SSSR count). The van der Waals surface area contributed by atoms with E-state index < -0.39 is 0 Å². The van der Waals surface area contributed by atoms with Gasteiger partial charge in [0.05, 0.1) is 11.6 Å². The van der Waals surface area contributed by atoms with Crippen molar-refractivity contribution >= 4 is 11.6 Å². The summed E-state index contributed by atoms with van der Waals surface area (Å²) in [6.45, 7) is 3.96. The quantitative estimate of drug-likeness (QED) is 0.736. The van der Waals surface area contributed by atoms with Gasteiger partial charge in [0.1, 0.15) is 0 Å². The number of rotatable bonds is 5. The van der Waals surface area contributed by atoms with E-state index in [1.807, 2.05) is 24.3 Å². The van der Waals surface area contributed by atoms with Crippen molar-refractivity contribution in [3.63, 3.8) is 0 Å². The first kappa shape index (κ1) is 13.0. The lowest BCUT2D eigenvalue weighted by molar-refractivity contribution is 0.290. The number of benzene rings is 1. The van der Waals surface area contributed by atoms with E-state index in [2.05, 4.69) is 24.9 Å². The molecule has 0 heterocycles. The van der Waals surface area contributed by atoms with Crippen LogP contribution in [0, 0.1) is 17.2 Å². The van der Waals surface area contributed by atoms with Gasteiger partial charge in [0.2, 0.25) is 0 Å². The number of hydrogen-bond acceptors (Lipinski definition) is 2. The molecule has 0 spiro atoms. The Morgan fingerprint density at radius 2 is 2.25 bits per heavy atom. The van der Waals surface area contributed by atoms with Crippen LogP contribution in [0.2, 0.25) is 0 Å². The largest absolute Gasteiger partial charge is 0.302 e. The van der Waals surface area contributed by atoms with Gasteiger partial charge in [-0.1, -0.05) is 19.1 Å². The van der Waals surface area contributed by atoms with E-state index >= 15 is 0 Å². The normalized spacial score (nSPS) is 12.4. The molecule has 16 heavy (non-hydrogen) atoms. The van der Waals surface area contributed by atoms with Gasteiger partial charge in [0, 0.05) is 19.0 Å². The molecule has 86 valence electrons. The topological polar surface area (TPSA) is 27.0 Å². The Hall–Kier alpha value is -1.04. The molecule has 0 aliphatic heterocycles. The van der Waals surface area contributed by atoms with Gasteiger partial charge in [-0.05, 0) is 30.7 Å². The first-order chi connectivity index (χ1) is 7.65. The van der Waals surface area contributed by atoms with Crippen LogP contribution in [0.1, 0.15) is 18.1 Å². The fourth-order valence-electron chi connectivity index (χ4n) is 1.70. The molecular weight excluding hydrogens is 220 g/mol. The molecule has 0 saturated carbocycles. The van der Waals surface area contributed by atoms with Crippen LogP contribution in [-0.4, -0.2) is 24.4 Å². The minimum Gasteiger partial charge on any atom is -0.302 e. The van der Waals surface area contributed by atoms with Crippen LogP contribution in [0.5, 0.6) is 0 Å². The third kappa shape index (κ3) is 4.22. The fraction of sp³-hybridized carbons (Fsp3) is 0.462. The zero-order chi connectivity index (χ0) is 12.0. The van der Waals surface area contributed by atoms with E-state index in [0.717, 1.165) is 18.7 Å². The van der Waals surface area contributed by atoms with Crippen molar-refractivity contribution in [2.75, 3.05) is 19.5 Å². The average molecular weight is 237 g/mol. The molecule has 0 radical (unpaired) electrons. The second kappa shape index (κ2) is 6.52. The molecule has 0 bridgehead atoms. The van der Waals surface area contributed by atoms with Crippen molar-refractivity contribution in [3.05, 3.63) is 35.4 Å². The summed E-state index contributed by atoms with van der Waals surface area (Å²) in [6.07, 6.45) is 0. The van der Waals surface area contributed by atoms with Crippen molar-refractivity contribution in [3.8, 4) is 6.07 Å². The molecule has 2 nitrogen and oxygen atoms in total. The highest BCUT2D eigenvalue weighted by atomic mass is 35.5. The third-order valence-corrected chi connectivity index (χ3v) is 2.92. The zero-order valence-corrected chi connectivity index (χ0v) is 10.5. The molecule has 1 atom stereocenters. The molecule has 0 aliphatic rings. The molecule has 1 aromatic carbocycles. The summed E-state index contributed by atoms with van der Waals surface area (Å²) < 4.78 is 0. The van der Waals surface area contributed by atoms with Gasteiger partial charge >= 0.3 is 0 Å². The highest BCUT2D eigenvalue weighted by molar-refractivity contribution is 6.18. The van der Waals surface area contributed by atoms with Crippen molar-refractivity contribution in [2.45, 2.75) is 13.5 Å². The summed E-state index contributed by atoms with van der Waals surface area (Å²) in [5.74, 6) is 1.17. The Labute approximate surface area is 102 Å². The lowest BCUT2D eigenvalue weighted by Crippen LogP contribution is -2.24. The SMILES string of the molecule is CC(CCl)CN(C)Cc1cccc(C#N)c1. The summed E-state index contributed by atoms with van der Waals surface area (Å²) in [5.41, 5.74) is 1.89. The molecule has 1 unspecified atom stereocenters. The summed E-state index contributed by atoms with van der Waals surface area (Å²) >= 11 is 5.78. The van der Waals surface area contributed by atoms with Crippen LogP contribution in [0.3, 0.4) is 0 Å². The first-order valence-electron chi connectivity index (χ1n) is 5.39. The zero-order valence-electron chi connectivity index (χ0n) is 9.78. The molecule has 0 aliphatic carbocycles. The predicted octanol–water partition coefficient (Wildman–Crippen LogP) is 2.86. The van der Waals surface area contributed by atoms with E-state index in [0.29, 0.717) is 11.8 Å². The fourth-order valence-corrected chi connectivity index (χ4v) is 1.79. The molecule has 0 aromatic heterocycles. The maximum Gasteiger partial charge on any atom is 0.0991 e. The van der Waals surface area contributed by atoms with Crippen LogP contribution < -0.4 is 0 Å².